The van der Waals surface area contributed by atoms with Crippen LogP contribution in [0.4, 0.5) is 0 Å². The summed E-state index contributed by atoms with van der Waals surface area (Å²) in [6.45, 7) is 6.01. The summed E-state index contributed by atoms with van der Waals surface area (Å²) >= 11 is 1.59. The van der Waals surface area contributed by atoms with Gasteiger partial charge in [-0.15, -0.1) is 11.8 Å². The van der Waals surface area contributed by atoms with Crippen molar-refractivity contribution in [3.05, 3.63) is 34.9 Å². The van der Waals surface area contributed by atoms with Crippen LogP contribution in [0.25, 0.3) is 0 Å². The van der Waals surface area contributed by atoms with Gasteiger partial charge in [0.25, 0.3) is 0 Å². The predicted molar refractivity (Wildman–Crippen MR) is 65.9 cm³/mol. The molecule has 0 aliphatic heterocycles. The molecule has 15 heavy (non-hydrogen) atoms. The van der Waals surface area contributed by atoms with Crippen LogP contribution in [-0.4, -0.2) is 11.2 Å². The van der Waals surface area contributed by atoms with Crippen molar-refractivity contribution in [3.63, 3.8) is 0 Å². The minimum atomic E-state index is -0.245. The molecule has 0 bridgehead atoms. The number of carbonyl (C=O) groups is 1. The maximum atomic E-state index is 10.9. The van der Waals surface area contributed by atoms with Crippen LogP contribution in [0, 0.1) is 13.8 Å². The fraction of sp³-hybridized carbons (Fsp3) is 0.417. The number of hydrogen-bond acceptors (Lipinski definition) is 2. The van der Waals surface area contributed by atoms with Crippen LogP contribution in [0.5, 0.6) is 0 Å². The fourth-order valence-corrected chi connectivity index (χ4v) is 2.16. The maximum absolute atomic E-state index is 10.9. The largest absolute Gasteiger partial charge is 0.369 e. The third kappa shape index (κ3) is 3.59. The SMILES string of the molecule is Cc1ccc(C)c(CSC(C)C(N)=O)c1. The zero-order valence-corrected chi connectivity index (χ0v) is 10.2. The summed E-state index contributed by atoms with van der Waals surface area (Å²) in [4.78, 5) is 10.9. The molecule has 82 valence electrons. The Kier molecular flexibility index (Phi) is 4.21. The molecule has 0 saturated carbocycles. The summed E-state index contributed by atoms with van der Waals surface area (Å²) in [6, 6.07) is 6.37. The molecule has 1 aromatic rings. The molecule has 0 radical (unpaired) electrons. The van der Waals surface area contributed by atoms with Gasteiger partial charge in [0.15, 0.2) is 0 Å². The molecule has 1 atom stereocenters. The molecule has 0 aliphatic rings. The van der Waals surface area contributed by atoms with Crippen molar-refractivity contribution in [1.82, 2.24) is 0 Å². The maximum Gasteiger partial charge on any atom is 0.230 e. The Bertz CT molecular complexity index is 363. The van der Waals surface area contributed by atoms with E-state index >= 15 is 0 Å². The molecular formula is C12H17NOS. The third-order valence-corrected chi connectivity index (χ3v) is 3.60. The Hall–Kier alpha value is -0.960. The van der Waals surface area contributed by atoms with E-state index in [9.17, 15) is 4.79 Å². The minimum absolute atomic E-state index is 0.120. The molecule has 0 saturated heterocycles. The van der Waals surface area contributed by atoms with Crippen LogP contribution >= 0.6 is 11.8 Å². The Morgan fingerprint density at radius 3 is 2.73 bits per heavy atom. The first kappa shape index (κ1) is 12.1. The van der Waals surface area contributed by atoms with Crippen LogP contribution in [0.3, 0.4) is 0 Å². The lowest BCUT2D eigenvalue weighted by Gasteiger charge is -2.09. The zero-order valence-electron chi connectivity index (χ0n) is 9.41. The molecule has 1 amide bonds. The second kappa shape index (κ2) is 5.21. The van der Waals surface area contributed by atoms with Crippen molar-refractivity contribution in [1.29, 1.82) is 0 Å². The van der Waals surface area contributed by atoms with Gasteiger partial charge in [-0.05, 0) is 31.9 Å². The highest BCUT2D eigenvalue weighted by Gasteiger charge is 2.09. The lowest BCUT2D eigenvalue weighted by molar-refractivity contribution is -0.117. The van der Waals surface area contributed by atoms with E-state index in [0.29, 0.717) is 0 Å². The van der Waals surface area contributed by atoms with Crippen molar-refractivity contribution in [2.75, 3.05) is 0 Å². The van der Waals surface area contributed by atoms with Crippen molar-refractivity contribution < 1.29 is 4.79 Å². The predicted octanol–water partition coefficient (Wildman–Crippen LogP) is 2.41. The van der Waals surface area contributed by atoms with Crippen LogP contribution in [-0.2, 0) is 10.5 Å². The number of amides is 1. The summed E-state index contributed by atoms with van der Waals surface area (Å²) in [5, 5.41) is -0.120. The molecule has 3 heteroatoms. The number of primary amides is 1. The molecule has 0 fully saturated rings. The van der Waals surface area contributed by atoms with E-state index < -0.39 is 0 Å². The fourth-order valence-electron chi connectivity index (χ4n) is 1.25. The van der Waals surface area contributed by atoms with Crippen molar-refractivity contribution in [3.8, 4) is 0 Å². The van der Waals surface area contributed by atoms with Crippen LogP contribution in [0.15, 0.2) is 18.2 Å². The molecule has 0 aromatic heterocycles. The van der Waals surface area contributed by atoms with Gasteiger partial charge in [0.05, 0.1) is 5.25 Å². The van der Waals surface area contributed by atoms with Gasteiger partial charge in [0, 0.05) is 5.75 Å². The van der Waals surface area contributed by atoms with Gasteiger partial charge < -0.3 is 5.73 Å². The number of carbonyl (C=O) groups excluding carboxylic acids is 1. The van der Waals surface area contributed by atoms with Gasteiger partial charge >= 0.3 is 0 Å². The van der Waals surface area contributed by atoms with Gasteiger partial charge in [-0.1, -0.05) is 23.8 Å². The number of hydrogen-bond donors (Lipinski definition) is 1. The van der Waals surface area contributed by atoms with E-state index in [4.69, 9.17) is 5.73 Å². The molecule has 0 spiro atoms. The number of rotatable bonds is 4. The number of aryl methyl sites for hydroxylation is 2. The molecule has 1 aromatic carbocycles. The van der Waals surface area contributed by atoms with Crippen LogP contribution in [0.1, 0.15) is 23.6 Å². The molecule has 1 rings (SSSR count). The average Bonchev–Trinajstić information content (AvgIpc) is 2.18. The Labute approximate surface area is 95.2 Å². The average molecular weight is 223 g/mol. The Morgan fingerprint density at radius 1 is 1.47 bits per heavy atom. The summed E-state index contributed by atoms with van der Waals surface area (Å²) in [5.74, 6) is 0.600. The highest BCUT2D eigenvalue weighted by molar-refractivity contribution is 7.99. The highest BCUT2D eigenvalue weighted by atomic mass is 32.2. The molecule has 0 aliphatic carbocycles. The van der Waals surface area contributed by atoms with Gasteiger partial charge in [0.2, 0.25) is 5.91 Å². The third-order valence-electron chi connectivity index (χ3n) is 2.39. The molecular weight excluding hydrogens is 206 g/mol. The quantitative estimate of drug-likeness (QED) is 0.851. The van der Waals surface area contributed by atoms with E-state index in [1.165, 1.54) is 16.7 Å². The van der Waals surface area contributed by atoms with Gasteiger partial charge in [-0.25, -0.2) is 0 Å². The first-order valence-electron chi connectivity index (χ1n) is 4.97. The summed E-state index contributed by atoms with van der Waals surface area (Å²) in [6.07, 6.45) is 0. The molecule has 1 unspecified atom stereocenters. The summed E-state index contributed by atoms with van der Waals surface area (Å²) in [5.41, 5.74) is 9.01. The molecule has 2 nitrogen and oxygen atoms in total. The second-order valence-corrected chi connectivity index (χ2v) is 5.11. The number of benzene rings is 1. The summed E-state index contributed by atoms with van der Waals surface area (Å²) < 4.78 is 0. The monoisotopic (exact) mass is 223 g/mol. The lowest BCUT2D eigenvalue weighted by Crippen LogP contribution is -2.22. The van der Waals surface area contributed by atoms with Crippen molar-refractivity contribution in [2.24, 2.45) is 5.73 Å². The normalized spacial score (nSPS) is 12.5. The highest BCUT2D eigenvalue weighted by Crippen LogP contribution is 2.20. The van der Waals surface area contributed by atoms with E-state index in [1.807, 2.05) is 6.92 Å². The summed E-state index contributed by atoms with van der Waals surface area (Å²) in [7, 11) is 0. The smallest absolute Gasteiger partial charge is 0.230 e. The number of nitrogens with two attached hydrogens (primary N) is 1. The van der Waals surface area contributed by atoms with E-state index in [0.717, 1.165) is 5.75 Å². The Balaban J connectivity index is 2.65. The Morgan fingerprint density at radius 2 is 2.13 bits per heavy atom. The van der Waals surface area contributed by atoms with E-state index in [1.54, 1.807) is 11.8 Å². The lowest BCUT2D eigenvalue weighted by atomic mass is 10.1. The minimum Gasteiger partial charge on any atom is -0.369 e. The van der Waals surface area contributed by atoms with Gasteiger partial charge in [0.1, 0.15) is 0 Å². The topological polar surface area (TPSA) is 43.1 Å². The van der Waals surface area contributed by atoms with Crippen molar-refractivity contribution in [2.45, 2.75) is 31.8 Å². The molecule has 0 heterocycles. The van der Waals surface area contributed by atoms with E-state index in [2.05, 4.69) is 32.0 Å². The first-order chi connectivity index (χ1) is 7.00. The number of thioether (sulfide) groups is 1. The zero-order chi connectivity index (χ0) is 11.4. The first-order valence-corrected chi connectivity index (χ1v) is 6.02. The van der Waals surface area contributed by atoms with Crippen molar-refractivity contribution >= 4 is 17.7 Å². The van der Waals surface area contributed by atoms with Crippen LogP contribution in [0.2, 0.25) is 0 Å². The standard InChI is InChI=1S/C12H17NOS/c1-8-4-5-9(2)11(6-8)7-15-10(3)12(13)14/h4-6,10H,7H2,1-3H3,(H2,13,14). The van der Waals surface area contributed by atoms with Gasteiger partial charge in [-0.3, -0.25) is 4.79 Å². The van der Waals surface area contributed by atoms with Gasteiger partial charge in [-0.2, -0.15) is 0 Å². The molecule has 2 N–H and O–H groups in total. The second-order valence-electron chi connectivity index (χ2n) is 3.79. The van der Waals surface area contributed by atoms with Crippen LogP contribution < -0.4 is 5.73 Å². The van der Waals surface area contributed by atoms with E-state index in [-0.39, 0.29) is 11.2 Å².